The third kappa shape index (κ3) is 5.19. The number of hydrogen-bond donors (Lipinski definition) is 1. The van der Waals surface area contributed by atoms with Gasteiger partial charge in [0.15, 0.2) is 0 Å². The summed E-state index contributed by atoms with van der Waals surface area (Å²) in [5, 5.41) is 0. The van der Waals surface area contributed by atoms with Crippen LogP contribution in [0, 0.1) is 0 Å². The number of hydrogen-bond acceptors (Lipinski definition) is 4. The molecule has 0 spiro atoms. The summed E-state index contributed by atoms with van der Waals surface area (Å²) in [6, 6.07) is 6.92. The quantitative estimate of drug-likeness (QED) is 0.597. The van der Waals surface area contributed by atoms with Crippen LogP contribution >= 0.6 is 0 Å². The van der Waals surface area contributed by atoms with E-state index in [1.54, 1.807) is 24.3 Å². The van der Waals surface area contributed by atoms with E-state index in [-0.39, 0.29) is 12.0 Å². The van der Waals surface area contributed by atoms with Gasteiger partial charge in [-0.05, 0) is 31.5 Å². The zero-order valence-corrected chi connectivity index (χ0v) is 11.0. The third-order valence-electron chi connectivity index (χ3n) is 2.31. The lowest BCUT2D eigenvalue weighted by Gasteiger charge is -2.10. The zero-order valence-electron chi connectivity index (χ0n) is 11.0. The van der Waals surface area contributed by atoms with Gasteiger partial charge < -0.3 is 15.2 Å². The third-order valence-corrected chi connectivity index (χ3v) is 2.31. The molecule has 1 atom stereocenters. The van der Waals surface area contributed by atoms with Crippen molar-refractivity contribution in [2.45, 2.75) is 32.7 Å². The molecule has 18 heavy (non-hydrogen) atoms. The molecule has 0 aliphatic rings. The number of esters is 1. The van der Waals surface area contributed by atoms with Crippen LogP contribution < -0.4 is 10.5 Å². The summed E-state index contributed by atoms with van der Waals surface area (Å²) >= 11 is 0. The van der Waals surface area contributed by atoms with Crippen molar-refractivity contribution in [3.63, 3.8) is 0 Å². The van der Waals surface area contributed by atoms with Crippen LogP contribution in [-0.4, -0.2) is 25.2 Å². The molecule has 1 rings (SSSR count). The highest BCUT2D eigenvalue weighted by Gasteiger charge is 2.08. The first-order valence-corrected chi connectivity index (χ1v) is 6.29. The second kappa shape index (κ2) is 7.71. The van der Waals surface area contributed by atoms with Gasteiger partial charge >= 0.3 is 5.97 Å². The Bertz CT molecular complexity index is 377. The van der Waals surface area contributed by atoms with Gasteiger partial charge in [0.05, 0.1) is 12.2 Å². The molecule has 4 nitrogen and oxygen atoms in total. The number of carbonyl (C=O) groups excluding carboxylic acids is 1. The van der Waals surface area contributed by atoms with E-state index >= 15 is 0 Å². The standard InChI is InChI=1S/C14H21NO3/c1-3-4-8-17-14(16)12-6-5-7-13(9-12)18-10-11(2)15/h5-7,9,11H,3-4,8,10,15H2,1-2H3. The van der Waals surface area contributed by atoms with Crippen molar-refractivity contribution in [3.05, 3.63) is 29.8 Å². The molecular formula is C14H21NO3. The first-order valence-electron chi connectivity index (χ1n) is 6.29. The molecule has 0 saturated heterocycles. The fourth-order valence-electron chi connectivity index (χ4n) is 1.33. The number of nitrogens with two attached hydrogens (primary N) is 1. The van der Waals surface area contributed by atoms with Gasteiger partial charge in [0.2, 0.25) is 0 Å². The predicted octanol–water partition coefficient (Wildman–Crippen LogP) is 2.37. The Kier molecular flexibility index (Phi) is 6.22. The number of benzene rings is 1. The summed E-state index contributed by atoms with van der Waals surface area (Å²) < 4.78 is 10.6. The summed E-state index contributed by atoms with van der Waals surface area (Å²) in [5.41, 5.74) is 6.11. The summed E-state index contributed by atoms with van der Waals surface area (Å²) in [4.78, 5) is 11.7. The van der Waals surface area contributed by atoms with E-state index in [1.165, 1.54) is 0 Å². The van der Waals surface area contributed by atoms with E-state index < -0.39 is 0 Å². The Hall–Kier alpha value is -1.55. The van der Waals surface area contributed by atoms with Crippen molar-refractivity contribution in [2.75, 3.05) is 13.2 Å². The molecule has 1 unspecified atom stereocenters. The van der Waals surface area contributed by atoms with Crippen LogP contribution in [0.3, 0.4) is 0 Å². The highest BCUT2D eigenvalue weighted by atomic mass is 16.5. The van der Waals surface area contributed by atoms with Crippen LogP contribution in [0.15, 0.2) is 24.3 Å². The predicted molar refractivity (Wildman–Crippen MR) is 70.8 cm³/mol. The van der Waals surface area contributed by atoms with Gasteiger partial charge in [-0.25, -0.2) is 4.79 Å². The highest BCUT2D eigenvalue weighted by Crippen LogP contribution is 2.14. The van der Waals surface area contributed by atoms with Gasteiger partial charge in [-0.2, -0.15) is 0 Å². The molecule has 100 valence electrons. The summed E-state index contributed by atoms with van der Waals surface area (Å²) in [5.74, 6) is 0.326. The molecule has 0 amide bonds. The molecule has 0 aliphatic heterocycles. The van der Waals surface area contributed by atoms with Gasteiger partial charge in [-0.15, -0.1) is 0 Å². The lowest BCUT2D eigenvalue weighted by atomic mass is 10.2. The molecular weight excluding hydrogens is 230 g/mol. The molecule has 0 bridgehead atoms. The van der Waals surface area contributed by atoms with Gasteiger partial charge in [0, 0.05) is 6.04 Å². The van der Waals surface area contributed by atoms with Gasteiger partial charge in [0.1, 0.15) is 12.4 Å². The average Bonchev–Trinajstić information content (AvgIpc) is 2.37. The lowest BCUT2D eigenvalue weighted by Crippen LogP contribution is -2.23. The molecule has 0 heterocycles. The number of ether oxygens (including phenoxy) is 2. The van der Waals surface area contributed by atoms with Crippen LogP contribution in [0.2, 0.25) is 0 Å². The second-order valence-electron chi connectivity index (χ2n) is 4.31. The van der Waals surface area contributed by atoms with E-state index in [2.05, 4.69) is 6.92 Å². The van der Waals surface area contributed by atoms with E-state index in [1.807, 2.05) is 6.92 Å². The smallest absolute Gasteiger partial charge is 0.338 e. The lowest BCUT2D eigenvalue weighted by molar-refractivity contribution is 0.0499. The average molecular weight is 251 g/mol. The molecule has 1 aromatic carbocycles. The Morgan fingerprint density at radius 3 is 2.89 bits per heavy atom. The minimum absolute atomic E-state index is 0.0369. The van der Waals surface area contributed by atoms with E-state index in [9.17, 15) is 4.79 Å². The fourth-order valence-corrected chi connectivity index (χ4v) is 1.33. The Labute approximate surface area is 108 Å². The van der Waals surface area contributed by atoms with Gasteiger partial charge in [0.25, 0.3) is 0 Å². The van der Waals surface area contributed by atoms with Crippen molar-refractivity contribution < 1.29 is 14.3 Å². The fraction of sp³-hybridized carbons (Fsp3) is 0.500. The summed E-state index contributed by atoms with van der Waals surface area (Å²) in [7, 11) is 0. The largest absolute Gasteiger partial charge is 0.492 e. The van der Waals surface area contributed by atoms with Crippen molar-refractivity contribution in [2.24, 2.45) is 5.73 Å². The molecule has 0 saturated carbocycles. The number of carbonyl (C=O) groups is 1. The Morgan fingerprint density at radius 1 is 1.44 bits per heavy atom. The van der Waals surface area contributed by atoms with Crippen LogP contribution in [0.25, 0.3) is 0 Å². The zero-order chi connectivity index (χ0) is 13.4. The molecule has 2 N–H and O–H groups in total. The summed E-state index contributed by atoms with van der Waals surface area (Å²) in [6.45, 7) is 4.80. The van der Waals surface area contributed by atoms with Crippen molar-refractivity contribution >= 4 is 5.97 Å². The highest BCUT2D eigenvalue weighted by molar-refractivity contribution is 5.89. The molecule has 0 aromatic heterocycles. The van der Waals surface area contributed by atoms with Crippen LogP contribution in [0.4, 0.5) is 0 Å². The normalized spacial score (nSPS) is 11.9. The molecule has 0 aliphatic carbocycles. The van der Waals surface area contributed by atoms with Crippen LogP contribution in [-0.2, 0) is 4.74 Å². The number of unbranched alkanes of at least 4 members (excludes halogenated alkanes) is 1. The topological polar surface area (TPSA) is 61.5 Å². The van der Waals surface area contributed by atoms with Gasteiger partial charge in [-0.1, -0.05) is 19.4 Å². The second-order valence-corrected chi connectivity index (χ2v) is 4.31. The minimum atomic E-state index is -0.310. The van der Waals surface area contributed by atoms with E-state index in [0.717, 1.165) is 12.8 Å². The van der Waals surface area contributed by atoms with Crippen LogP contribution in [0.5, 0.6) is 5.75 Å². The molecule has 1 aromatic rings. The monoisotopic (exact) mass is 251 g/mol. The van der Waals surface area contributed by atoms with Crippen molar-refractivity contribution in [3.8, 4) is 5.75 Å². The maximum atomic E-state index is 11.7. The maximum Gasteiger partial charge on any atom is 0.338 e. The van der Waals surface area contributed by atoms with Gasteiger partial charge in [-0.3, -0.25) is 0 Å². The minimum Gasteiger partial charge on any atom is -0.492 e. The van der Waals surface area contributed by atoms with Crippen molar-refractivity contribution in [1.82, 2.24) is 0 Å². The number of rotatable bonds is 7. The Morgan fingerprint density at radius 2 is 2.22 bits per heavy atom. The van der Waals surface area contributed by atoms with Crippen LogP contribution in [0.1, 0.15) is 37.0 Å². The SMILES string of the molecule is CCCCOC(=O)c1cccc(OCC(C)N)c1. The Balaban J connectivity index is 2.55. The first-order chi connectivity index (χ1) is 8.63. The summed E-state index contributed by atoms with van der Waals surface area (Å²) in [6.07, 6.45) is 1.89. The molecule has 4 heteroatoms. The first kappa shape index (κ1) is 14.5. The van der Waals surface area contributed by atoms with E-state index in [4.69, 9.17) is 15.2 Å². The maximum absolute atomic E-state index is 11.7. The van der Waals surface area contributed by atoms with Crippen molar-refractivity contribution in [1.29, 1.82) is 0 Å². The molecule has 0 radical (unpaired) electrons. The molecule has 0 fully saturated rings. The van der Waals surface area contributed by atoms with E-state index in [0.29, 0.717) is 24.5 Å².